The number of carbonyl (C=O) groups excluding carboxylic acids is 1. The van der Waals surface area contributed by atoms with E-state index in [4.69, 9.17) is 9.72 Å². The third-order valence-corrected chi connectivity index (χ3v) is 8.19. The minimum Gasteiger partial charge on any atom is -0.494 e. The number of methoxy groups -OCH3 is 1. The molecule has 10 heteroatoms. The van der Waals surface area contributed by atoms with E-state index >= 15 is 0 Å². The Balaban J connectivity index is 1.24. The second-order valence-electron chi connectivity index (χ2n) is 9.30. The molecule has 1 aromatic carbocycles. The highest BCUT2D eigenvalue weighted by molar-refractivity contribution is 7.20. The fourth-order valence-corrected chi connectivity index (χ4v) is 6.17. The summed E-state index contributed by atoms with van der Waals surface area (Å²) in [6, 6.07) is 7.68. The average Bonchev–Trinajstić information content (AvgIpc) is 3.59. The molecule has 1 spiro atoms. The number of fused-ring (bicyclic) bond motifs is 2. The highest BCUT2D eigenvalue weighted by Gasteiger charge is 2.44. The summed E-state index contributed by atoms with van der Waals surface area (Å²) in [5.74, 6) is 1.24. The minimum absolute atomic E-state index is 0.279. The predicted molar refractivity (Wildman–Crippen MR) is 134 cm³/mol. The Bertz CT molecular complexity index is 1410. The molecule has 2 saturated heterocycles. The Morgan fingerprint density at radius 1 is 1.15 bits per heavy atom. The summed E-state index contributed by atoms with van der Waals surface area (Å²) in [6.45, 7) is 3.18. The molecule has 1 amide bonds. The zero-order chi connectivity index (χ0) is 23.4. The van der Waals surface area contributed by atoms with Crippen LogP contribution in [0.25, 0.3) is 21.3 Å². The van der Waals surface area contributed by atoms with Crippen LogP contribution in [-0.2, 0) is 7.05 Å². The van der Waals surface area contributed by atoms with Crippen LogP contribution in [0.4, 0.5) is 11.5 Å². The van der Waals surface area contributed by atoms with Crippen molar-refractivity contribution in [2.24, 2.45) is 7.05 Å². The van der Waals surface area contributed by atoms with Gasteiger partial charge in [-0.15, -0.1) is 0 Å². The van der Waals surface area contributed by atoms with Crippen molar-refractivity contribution in [2.45, 2.75) is 24.8 Å². The summed E-state index contributed by atoms with van der Waals surface area (Å²) in [5, 5.41) is 8.64. The molecule has 1 unspecified atom stereocenters. The summed E-state index contributed by atoms with van der Waals surface area (Å²) in [6.07, 6.45) is 5.59. The molecule has 9 nitrogen and oxygen atoms in total. The molecule has 1 atom stereocenters. The number of benzene rings is 1. The van der Waals surface area contributed by atoms with Crippen molar-refractivity contribution in [1.29, 1.82) is 0 Å². The number of hydrogen-bond acceptors (Lipinski definition) is 8. The Morgan fingerprint density at radius 2 is 2.03 bits per heavy atom. The minimum atomic E-state index is -0.279. The van der Waals surface area contributed by atoms with Crippen molar-refractivity contribution in [2.75, 3.05) is 44.0 Å². The van der Waals surface area contributed by atoms with E-state index in [1.807, 2.05) is 37.5 Å². The fourth-order valence-electron chi connectivity index (χ4n) is 5.34. The Morgan fingerprint density at radius 3 is 2.82 bits per heavy atom. The standard InChI is InChI=1S/C24H27N7O2S/c1-29-9-4-7-24(29)8-10-31(14-24)20-6-5-16-22(27-20)34-23(26-16)21(32)25-18-11-15-13-30(2)28-17(15)12-19(18)33-3/h5-6,11-13H,4,7-10,14H2,1-3H3,(H,25,32). The SMILES string of the molecule is COc1cc2nn(C)cc2cc1NC(=O)c1nc2ccc(N3CCC4(CCCN4C)C3)nc2s1. The molecule has 3 aromatic heterocycles. The topological polar surface area (TPSA) is 88.4 Å². The number of thiazole rings is 1. The van der Waals surface area contributed by atoms with Crippen LogP contribution in [0.5, 0.6) is 5.75 Å². The molecule has 6 rings (SSSR count). The van der Waals surface area contributed by atoms with E-state index in [1.165, 1.54) is 37.1 Å². The van der Waals surface area contributed by atoms with Crippen LogP contribution < -0.4 is 15.0 Å². The Kier molecular flexibility index (Phi) is 4.96. The summed E-state index contributed by atoms with van der Waals surface area (Å²) >= 11 is 1.31. The van der Waals surface area contributed by atoms with Crippen LogP contribution in [0, 0.1) is 0 Å². The normalized spacial score (nSPS) is 20.7. The molecule has 34 heavy (non-hydrogen) atoms. The van der Waals surface area contributed by atoms with Crippen molar-refractivity contribution in [3.63, 3.8) is 0 Å². The smallest absolute Gasteiger partial charge is 0.284 e. The lowest BCUT2D eigenvalue weighted by molar-refractivity contribution is 0.102. The maximum atomic E-state index is 13.1. The van der Waals surface area contributed by atoms with Gasteiger partial charge in [0.05, 0.1) is 18.3 Å². The van der Waals surface area contributed by atoms with Gasteiger partial charge in [0.1, 0.15) is 21.9 Å². The maximum absolute atomic E-state index is 13.1. The number of ether oxygens (including phenoxy) is 1. The first kappa shape index (κ1) is 21.3. The highest BCUT2D eigenvalue weighted by atomic mass is 32.1. The van der Waals surface area contributed by atoms with Crippen molar-refractivity contribution < 1.29 is 9.53 Å². The van der Waals surface area contributed by atoms with Crippen LogP contribution in [0.3, 0.4) is 0 Å². The predicted octanol–water partition coefficient (Wildman–Crippen LogP) is 3.51. The van der Waals surface area contributed by atoms with Crippen LogP contribution in [-0.4, -0.2) is 69.9 Å². The van der Waals surface area contributed by atoms with E-state index in [9.17, 15) is 4.79 Å². The summed E-state index contributed by atoms with van der Waals surface area (Å²) in [7, 11) is 5.68. The molecule has 176 valence electrons. The average molecular weight is 478 g/mol. The van der Waals surface area contributed by atoms with Crippen LogP contribution in [0.2, 0.25) is 0 Å². The molecular weight excluding hydrogens is 450 g/mol. The number of aromatic nitrogens is 4. The summed E-state index contributed by atoms with van der Waals surface area (Å²) < 4.78 is 7.21. The Labute approximate surface area is 201 Å². The number of rotatable bonds is 4. The second-order valence-corrected chi connectivity index (χ2v) is 10.3. The van der Waals surface area contributed by atoms with Gasteiger partial charge in [-0.2, -0.15) is 5.10 Å². The number of nitrogens with one attached hydrogen (secondary N) is 1. The van der Waals surface area contributed by atoms with Gasteiger partial charge in [-0.3, -0.25) is 14.4 Å². The molecule has 2 fully saturated rings. The first-order valence-corrected chi connectivity index (χ1v) is 12.3. The van der Waals surface area contributed by atoms with E-state index < -0.39 is 0 Å². The first-order chi connectivity index (χ1) is 16.4. The molecule has 0 saturated carbocycles. The molecule has 2 aliphatic rings. The van der Waals surface area contributed by atoms with E-state index in [-0.39, 0.29) is 11.4 Å². The molecule has 0 bridgehead atoms. The number of hydrogen-bond donors (Lipinski definition) is 1. The zero-order valence-corrected chi connectivity index (χ0v) is 20.4. The highest BCUT2D eigenvalue weighted by Crippen LogP contribution is 2.38. The van der Waals surface area contributed by atoms with Crippen molar-refractivity contribution in [3.8, 4) is 5.75 Å². The van der Waals surface area contributed by atoms with E-state index in [2.05, 4.69) is 32.2 Å². The first-order valence-electron chi connectivity index (χ1n) is 11.5. The third-order valence-electron chi connectivity index (χ3n) is 7.23. The van der Waals surface area contributed by atoms with Gasteiger partial charge < -0.3 is 15.0 Å². The number of aryl methyl sites for hydroxylation is 1. The van der Waals surface area contributed by atoms with Gasteiger partial charge >= 0.3 is 0 Å². The van der Waals surface area contributed by atoms with E-state index in [0.29, 0.717) is 16.4 Å². The lowest BCUT2D eigenvalue weighted by Gasteiger charge is -2.32. The fraction of sp³-hybridized carbons (Fsp3) is 0.417. The number of likely N-dealkylation sites (tertiary alicyclic amines) is 1. The number of anilines is 2. The van der Waals surface area contributed by atoms with E-state index in [1.54, 1.807) is 11.8 Å². The third kappa shape index (κ3) is 3.48. The lowest BCUT2D eigenvalue weighted by Crippen LogP contribution is -2.43. The van der Waals surface area contributed by atoms with Crippen LogP contribution in [0.15, 0.2) is 30.5 Å². The van der Waals surface area contributed by atoms with Gasteiger partial charge in [0.15, 0.2) is 5.01 Å². The molecule has 2 aliphatic heterocycles. The number of amides is 1. The van der Waals surface area contributed by atoms with Gasteiger partial charge in [0.25, 0.3) is 5.91 Å². The number of likely N-dealkylation sites (N-methyl/N-ethyl adjacent to an activating group) is 1. The van der Waals surface area contributed by atoms with Gasteiger partial charge in [0.2, 0.25) is 0 Å². The quantitative estimate of drug-likeness (QED) is 0.481. The van der Waals surface area contributed by atoms with Gasteiger partial charge in [-0.1, -0.05) is 11.3 Å². The molecule has 5 heterocycles. The largest absolute Gasteiger partial charge is 0.494 e. The van der Waals surface area contributed by atoms with Gasteiger partial charge in [-0.05, 0) is 51.1 Å². The summed E-state index contributed by atoms with van der Waals surface area (Å²) in [4.78, 5) is 28.1. The molecule has 4 aromatic rings. The lowest BCUT2D eigenvalue weighted by atomic mass is 9.96. The Hall–Kier alpha value is -3.24. The van der Waals surface area contributed by atoms with Crippen LogP contribution in [0.1, 0.15) is 29.1 Å². The van der Waals surface area contributed by atoms with Gasteiger partial charge in [-0.25, -0.2) is 9.97 Å². The monoisotopic (exact) mass is 477 g/mol. The number of carbonyl (C=O) groups is 1. The maximum Gasteiger partial charge on any atom is 0.284 e. The molecule has 1 N–H and O–H groups in total. The van der Waals surface area contributed by atoms with Crippen molar-refractivity contribution in [1.82, 2.24) is 24.6 Å². The molecule has 0 aliphatic carbocycles. The number of pyridine rings is 1. The summed E-state index contributed by atoms with van der Waals surface area (Å²) in [5.41, 5.74) is 2.41. The number of nitrogens with zero attached hydrogens (tertiary/aromatic N) is 6. The second kappa shape index (κ2) is 7.92. The van der Waals surface area contributed by atoms with Gasteiger partial charge in [0, 0.05) is 43.3 Å². The van der Waals surface area contributed by atoms with Crippen LogP contribution >= 0.6 is 11.3 Å². The van der Waals surface area contributed by atoms with E-state index in [0.717, 1.165) is 40.2 Å². The molecular formula is C24H27N7O2S. The molecule has 0 radical (unpaired) electrons. The van der Waals surface area contributed by atoms with Crippen molar-refractivity contribution in [3.05, 3.63) is 35.5 Å². The zero-order valence-electron chi connectivity index (χ0n) is 19.5. The van der Waals surface area contributed by atoms with Crippen molar-refractivity contribution >= 4 is 50.0 Å².